The smallest absolute Gasteiger partial charge is 0.269 e. The zero-order valence-electron chi connectivity index (χ0n) is 10.3. The number of thiazole rings is 1. The molecule has 0 unspecified atom stereocenters. The van der Waals surface area contributed by atoms with Crippen LogP contribution in [0.3, 0.4) is 0 Å². The van der Waals surface area contributed by atoms with Gasteiger partial charge in [0.2, 0.25) is 0 Å². The lowest BCUT2D eigenvalue weighted by Gasteiger charge is -2.12. The largest absolute Gasteiger partial charge is 0.348 e. The van der Waals surface area contributed by atoms with Crippen molar-refractivity contribution in [3.8, 4) is 11.3 Å². The summed E-state index contributed by atoms with van der Waals surface area (Å²) in [5.41, 5.74) is 1.92. The molecule has 0 N–H and O–H groups in total. The van der Waals surface area contributed by atoms with Crippen LogP contribution in [0.1, 0.15) is 12.8 Å². The molecule has 3 rings (SSSR count). The van der Waals surface area contributed by atoms with Gasteiger partial charge in [-0.3, -0.25) is 10.1 Å². The second kappa shape index (κ2) is 4.97. The highest BCUT2D eigenvalue weighted by atomic mass is 32.1. The van der Waals surface area contributed by atoms with Crippen LogP contribution in [0.5, 0.6) is 0 Å². The molecule has 2 heterocycles. The minimum Gasteiger partial charge on any atom is -0.348 e. The summed E-state index contributed by atoms with van der Waals surface area (Å²) >= 11 is 1.63. The maximum Gasteiger partial charge on any atom is 0.269 e. The summed E-state index contributed by atoms with van der Waals surface area (Å²) in [6.07, 6.45) is 2.46. The molecule has 0 amide bonds. The van der Waals surface area contributed by atoms with Crippen LogP contribution < -0.4 is 4.90 Å². The molecule has 1 aromatic carbocycles. The molecule has 1 aliphatic heterocycles. The van der Waals surface area contributed by atoms with Gasteiger partial charge in [-0.05, 0) is 25.0 Å². The van der Waals surface area contributed by atoms with Crippen molar-refractivity contribution >= 4 is 22.2 Å². The van der Waals surface area contributed by atoms with Crippen LogP contribution in [0.2, 0.25) is 0 Å². The average Bonchev–Trinajstić information content (AvgIpc) is 3.10. The van der Waals surface area contributed by atoms with Crippen molar-refractivity contribution in [1.29, 1.82) is 0 Å². The van der Waals surface area contributed by atoms with Gasteiger partial charge in [0.25, 0.3) is 5.69 Å². The Morgan fingerprint density at radius 3 is 2.53 bits per heavy atom. The van der Waals surface area contributed by atoms with Gasteiger partial charge in [0, 0.05) is 36.2 Å². The van der Waals surface area contributed by atoms with E-state index in [1.54, 1.807) is 23.5 Å². The third-order valence-electron chi connectivity index (χ3n) is 3.24. The summed E-state index contributed by atoms with van der Waals surface area (Å²) in [6, 6.07) is 6.54. The zero-order valence-corrected chi connectivity index (χ0v) is 11.1. The fraction of sp³-hybridized carbons (Fsp3) is 0.308. The van der Waals surface area contributed by atoms with Crippen LogP contribution >= 0.6 is 11.3 Å². The third kappa shape index (κ3) is 2.44. The fourth-order valence-electron chi connectivity index (χ4n) is 2.20. The summed E-state index contributed by atoms with van der Waals surface area (Å²) in [4.78, 5) is 17.1. The van der Waals surface area contributed by atoms with Gasteiger partial charge < -0.3 is 4.90 Å². The highest BCUT2D eigenvalue weighted by Crippen LogP contribution is 2.30. The quantitative estimate of drug-likeness (QED) is 0.637. The number of nitro benzene ring substituents is 1. The van der Waals surface area contributed by atoms with Gasteiger partial charge in [0.1, 0.15) is 0 Å². The Morgan fingerprint density at radius 2 is 1.89 bits per heavy atom. The van der Waals surface area contributed by atoms with Crippen LogP contribution in [-0.2, 0) is 0 Å². The van der Waals surface area contributed by atoms with Crippen LogP contribution in [0.25, 0.3) is 11.3 Å². The van der Waals surface area contributed by atoms with Crippen molar-refractivity contribution in [2.24, 2.45) is 0 Å². The fourth-order valence-corrected chi connectivity index (χ4v) is 3.09. The molecule has 0 saturated carbocycles. The molecule has 19 heavy (non-hydrogen) atoms. The predicted molar refractivity (Wildman–Crippen MR) is 75.7 cm³/mol. The summed E-state index contributed by atoms with van der Waals surface area (Å²) < 4.78 is 0. The first-order chi connectivity index (χ1) is 9.24. The van der Waals surface area contributed by atoms with E-state index in [-0.39, 0.29) is 10.6 Å². The molecular formula is C13H13N3O2S. The van der Waals surface area contributed by atoms with E-state index < -0.39 is 0 Å². The summed E-state index contributed by atoms with van der Waals surface area (Å²) in [5, 5.41) is 13.7. The van der Waals surface area contributed by atoms with Crippen LogP contribution in [-0.4, -0.2) is 23.0 Å². The molecular weight excluding hydrogens is 262 g/mol. The van der Waals surface area contributed by atoms with Crippen LogP contribution in [0.4, 0.5) is 10.8 Å². The molecule has 2 aromatic rings. The molecule has 5 nitrogen and oxygen atoms in total. The number of hydrogen-bond donors (Lipinski definition) is 0. The molecule has 98 valence electrons. The first-order valence-corrected chi connectivity index (χ1v) is 7.07. The van der Waals surface area contributed by atoms with Crippen molar-refractivity contribution in [2.75, 3.05) is 18.0 Å². The Morgan fingerprint density at radius 1 is 1.21 bits per heavy atom. The predicted octanol–water partition coefficient (Wildman–Crippen LogP) is 3.32. The summed E-state index contributed by atoms with van der Waals surface area (Å²) in [5.74, 6) is 0. The molecule has 0 aliphatic carbocycles. The second-order valence-electron chi connectivity index (χ2n) is 4.51. The molecule has 1 aliphatic rings. The Hall–Kier alpha value is -1.95. The maximum absolute atomic E-state index is 10.6. The molecule has 1 saturated heterocycles. The van der Waals surface area contributed by atoms with E-state index in [4.69, 9.17) is 0 Å². The molecule has 0 bridgehead atoms. The van der Waals surface area contributed by atoms with Crippen molar-refractivity contribution < 1.29 is 4.92 Å². The number of rotatable bonds is 3. The number of nitrogens with zero attached hydrogens (tertiary/aromatic N) is 3. The standard InChI is InChI=1S/C13H13N3O2S/c17-16(18)11-5-3-10(4-6-11)12-9-19-13(14-12)15-7-1-2-8-15/h3-6,9H,1-2,7-8H2. The topological polar surface area (TPSA) is 59.3 Å². The Kier molecular flexibility index (Phi) is 3.16. The molecule has 0 spiro atoms. The molecule has 1 fully saturated rings. The SMILES string of the molecule is O=[N+]([O-])c1ccc(-c2csc(N3CCCC3)n2)cc1. The number of benzene rings is 1. The van der Waals surface area contributed by atoms with Gasteiger partial charge in [0.05, 0.1) is 10.6 Å². The minimum atomic E-state index is -0.388. The van der Waals surface area contributed by atoms with E-state index in [9.17, 15) is 10.1 Å². The van der Waals surface area contributed by atoms with Gasteiger partial charge in [-0.15, -0.1) is 11.3 Å². The van der Waals surface area contributed by atoms with Crippen molar-refractivity contribution in [2.45, 2.75) is 12.8 Å². The maximum atomic E-state index is 10.6. The average molecular weight is 275 g/mol. The van der Waals surface area contributed by atoms with E-state index in [1.165, 1.54) is 25.0 Å². The number of non-ortho nitro benzene ring substituents is 1. The second-order valence-corrected chi connectivity index (χ2v) is 5.35. The van der Waals surface area contributed by atoms with Gasteiger partial charge in [-0.2, -0.15) is 0 Å². The van der Waals surface area contributed by atoms with E-state index in [2.05, 4.69) is 9.88 Å². The number of anilines is 1. The molecule has 0 radical (unpaired) electrons. The molecule has 6 heteroatoms. The first kappa shape index (κ1) is 12.1. The van der Waals surface area contributed by atoms with Crippen LogP contribution in [0, 0.1) is 10.1 Å². The van der Waals surface area contributed by atoms with E-state index in [1.807, 2.05) is 5.38 Å². The monoisotopic (exact) mass is 275 g/mol. The van der Waals surface area contributed by atoms with Gasteiger partial charge in [-0.1, -0.05) is 0 Å². The molecule has 1 aromatic heterocycles. The van der Waals surface area contributed by atoms with Gasteiger partial charge in [0.15, 0.2) is 5.13 Å². The lowest BCUT2D eigenvalue weighted by molar-refractivity contribution is -0.384. The highest BCUT2D eigenvalue weighted by Gasteiger charge is 2.16. The van der Waals surface area contributed by atoms with E-state index in [0.717, 1.165) is 29.5 Å². The van der Waals surface area contributed by atoms with Crippen molar-refractivity contribution in [3.63, 3.8) is 0 Å². The van der Waals surface area contributed by atoms with Crippen molar-refractivity contribution in [1.82, 2.24) is 4.98 Å². The number of hydrogen-bond acceptors (Lipinski definition) is 5. The lowest BCUT2D eigenvalue weighted by Crippen LogP contribution is -2.17. The number of aromatic nitrogens is 1. The van der Waals surface area contributed by atoms with Gasteiger partial charge >= 0.3 is 0 Å². The number of nitro groups is 1. The highest BCUT2D eigenvalue weighted by molar-refractivity contribution is 7.14. The molecule has 0 atom stereocenters. The lowest BCUT2D eigenvalue weighted by atomic mass is 10.1. The van der Waals surface area contributed by atoms with E-state index in [0.29, 0.717) is 0 Å². The Labute approximate surface area is 114 Å². The Balaban J connectivity index is 1.83. The third-order valence-corrected chi connectivity index (χ3v) is 4.14. The van der Waals surface area contributed by atoms with Gasteiger partial charge in [-0.25, -0.2) is 4.98 Å². The summed E-state index contributed by atoms with van der Waals surface area (Å²) in [7, 11) is 0. The van der Waals surface area contributed by atoms with Crippen LogP contribution in [0.15, 0.2) is 29.6 Å². The van der Waals surface area contributed by atoms with E-state index >= 15 is 0 Å². The normalized spacial score (nSPS) is 14.8. The summed E-state index contributed by atoms with van der Waals surface area (Å²) in [6.45, 7) is 2.15. The van der Waals surface area contributed by atoms with Crippen molar-refractivity contribution in [3.05, 3.63) is 39.8 Å². The zero-order chi connectivity index (χ0) is 13.2. The first-order valence-electron chi connectivity index (χ1n) is 6.19. The minimum absolute atomic E-state index is 0.110. The Bertz CT molecular complexity index is 588.